The number of unbranched alkanes of at least 4 members (excludes halogenated alkanes) is 38. The zero-order valence-corrected chi connectivity index (χ0v) is 52.9. The Morgan fingerprint density at radius 3 is 1.30 bits per heavy atom. The predicted molar refractivity (Wildman–Crippen MR) is 343 cm³/mol. The number of amides is 1. The van der Waals surface area contributed by atoms with E-state index >= 15 is 0 Å². The average Bonchev–Trinajstić information content (AvgIpc) is 3.49. The van der Waals surface area contributed by atoms with Crippen LogP contribution in [0.3, 0.4) is 0 Å². The number of aliphatic hydroxyl groups excluding tert-OH is 5. The Balaban J connectivity index is 1.97. The molecule has 1 aliphatic heterocycles. The van der Waals surface area contributed by atoms with Crippen LogP contribution in [0.2, 0.25) is 0 Å². The van der Waals surface area contributed by atoms with Crippen LogP contribution in [0.15, 0.2) is 60.8 Å². The van der Waals surface area contributed by atoms with E-state index in [2.05, 4.69) is 67.8 Å². The molecule has 1 aliphatic rings. The summed E-state index contributed by atoms with van der Waals surface area (Å²) in [5, 5.41) is 54.3. The molecule has 0 bridgehead atoms. The van der Waals surface area contributed by atoms with Gasteiger partial charge in [0.15, 0.2) is 6.29 Å². The fourth-order valence-electron chi connectivity index (χ4n) is 10.6. The van der Waals surface area contributed by atoms with Gasteiger partial charge in [0.05, 0.1) is 32.0 Å². The van der Waals surface area contributed by atoms with Gasteiger partial charge in [0.25, 0.3) is 0 Å². The highest BCUT2D eigenvalue weighted by atomic mass is 16.7. The van der Waals surface area contributed by atoms with E-state index in [1.807, 2.05) is 6.08 Å². The molecule has 1 saturated heterocycles. The second kappa shape index (κ2) is 60.1. The monoisotopic (exact) mass is 1160 g/mol. The van der Waals surface area contributed by atoms with Crippen molar-refractivity contribution in [1.82, 2.24) is 5.32 Å². The van der Waals surface area contributed by atoms with Crippen LogP contribution >= 0.6 is 0 Å². The van der Waals surface area contributed by atoms with Gasteiger partial charge in [0, 0.05) is 12.8 Å². The number of aliphatic hydroxyl groups is 5. The van der Waals surface area contributed by atoms with Crippen LogP contribution in [0, 0.1) is 0 Å². The number of carbonyl (C=O) groups is 2. The largest absolute Gasteiger partial charge is 0.466 e. The van der Waals surface area contributed by atoms with Crippen LogP contribution < -0.4 is 5.32 Å². The van der Waals surface area contributed by atoms with Crippen molar-refractivity contribution in [3.63, 3.8) is 0 Å². The summed E-state index contributed by atoms with van der Waals surface area (Å²) in [6.07, 6.45) is 69.3. The first kappa shape index (κ1) is 77.4. The van der Waals surface area contributed by atoms with Gasteiger partial charge in [-0.2, -0.15) is 0 Å². The van der Waals surface area contributed by atoms with E-state index in [0.29, 0.717) is 19.4 Å². The number of ether oxygens (including phenoxy) is 3. The maximum absolute atomic E-state index is 13.0. The summed E-state index contributed by atoms with van der Waals surface area (Å²) in [5.41, 5.74) is 0. The van der Waals surface area contributed by atoms with Crippen LogP contribution in [0.5, 0.6) is 0 Å². The van der Waals surface area contributed by atoms with Crippen molar-refractivity contribution in [1.29, 1.82) is 0 Å². The van der Waals surface area contributed by atoms with Crippen LogP contribution in [0.4, 0.5) is 0 Å². The van der Waals surface area contributed by atoms with E-state index in [1.165, 1.54) is 225 Å². The lowest BCUT2D eigenvalue weighted by atomic mass is 9.99. The highest BCUT2D eigenvalue weighted by Gasteiger charge is 2.44. The molecule has 0 aromatic heterocycles. The van der Waals surface area contributed by atoms with E-state index in [1.54, 1.807) is 6.08 Å². The summed E-state index contributed by atoms with van der Waals surface area (Å²) in [5.74, 6) is -0.198. The van der Waals surface area contributed by atoms with E-state index in [0.717, 1.165) is 64.2 Å². The third-order valence-electron chi connectivity index (χ3n) is 16.1. The van der Waals surface area contributed by atoms with Crippen molar-refractivity contribution in [2.75, 3.05) is 19.8 Å². The fraction of sp³-hybridized carbons (Fsp3) is 0.831. The van der Waals surface area contributed by atoms with Gasteiger partial charge in [0.2, 0.25) is 5.91 Å². The smallest absolute Gasteiger partial charge is 0.305 e. The Labute approximate surface area is 503 Å². The van der Waals surface area contributed by atoms with Gasteiger partial charge in [-0.25, -0.2) is 0 Å². The van der Waals surface area contributed by atoms with Crippen molar-refractivity contribution in [3.05, 3.63) is 60.8 Å². The lowest BCUT2D eigenvalue weighted by molar-refractivity contribution is -0.302. The Hall–Kier alpha value is -2.64. The number of nitrogens with one attached hydrogen (secondary N) is 1. The minimum Gasteiger partial charge on any atom is -0.466 e. The molecule has 11 nitrogen and oxygen atoms in total. The molecule has 7 atom stereocenters. The molecule has 11 heteroatoms. The zero-order chi connectivity index (χ0) is 59.5. The lowest BCUT2D eigenvalue weighted by Crippen LogP contribution is -2.60. The first-order valence-corrected chi connectivity index (χ1v) is 34.6. The Kier molecular flexibility index (Phi) is 56.7. The molecule has 1 amide bonds. The molecular weight excluding hydrogens is 1030 g/mol. The number of hydrogen-bond acceptors (Lipinski definition) is 10. The molecule has 1 fully saturated rings. The van der Waals surface area contributed by atoms with Crippen LogP contribution in [-0.2, 0) is 23.8 Å². The van der Waals surface area contributed by atoms with Gasteiger partial charge in [-0.3, -0.25) is 9.59 Å². The van der Waals surface area contributed by atoms with Gasteiger partial charge in [-0.05, 0) is 103 Å². The summed E-state index contributed by atoms with van der Waals surface area (Å²) < 4.78 is 16.7. The molecule has 7 unspecified atom stereocenters. The molecule has 478 valence electrons. The first-order chi connectivity index (χ1) is 40.2. The second-order valence-corrected chi connectivity index (χ2v) is 23.9. The van der Waals surface area contributed by atoms with E-state index in [-0.39, 0.29) is 18.5 Å². The van der Waals surface area contributed by atoms with Gasteiger partial charge < -0.3 is 45.1 Å². The van der Waals surface area contributed by atoms with E-state index in [4.69, 9.17) is 14.2 Å². The third kappa shape index (κ3) is 48.6. The number of carbonyl (C=O) groups excluding carboxylic acids is 2. The third-order valence-corrected chi connectivity index (χ3v) is 16.1. The number of esters is 1. The zero-order valence-electron chi connectivity index (χ0n) is 52.9. The SMILES string of the molecule is CCCCC/C=C\CCCCCCCC(=O)OCCCCCCCCCCC/C=C\C/C=C\CCCCCCCCCCCCCCCCCC(=O)NC(COC1OC(CO)C(O)C(O)C1O)C(O)/C=C/CC/C=C/CCCCCCC. The van der Waals surface area contributed by atoms with Crippen molar-refractivity contribution >= 4 is 11.9 Å². The van der Waals surface area contributed by atoms with Crippen LogP contribution in [-0.4, -0.2) is 100 Å². The highest BCUT2D eigenvalue weighted by molar-refractivity contribution is 5.76. The molecule has 0 aliphatic carbocycles. The van der Waals surface area contributed by atoms with Crippen LogP contribution in [0.25, 0.3) is 0 Å². The Bertz CT molecular complexity index is 1550. The van der Waals surface area contributed by atoms with E-state index < -0.39 is 49.5 Å². The normalized spacial score (nSPS) is 18.5. The molecule has 6 N–H and O–H groups in total. The summed E-state index contributed by atoms with van der Waals surface area (Å²) in [6.45, 7) is 4.29. The van der Waals surface area contributed by atoms with Crippen molar-refractivity contribution < 1.29 is 49.3 Å². The van der Waals surface area contributed by atoms with Crippen molar-refractivity contribution in [3.8, 4) is 0 Å². The van der Waals surface area contributed by atoms with Gasteiger partial charge in [-0.1, -0.05) is 261 Å². The molecule has 82 heavy (non-hydrogen) atoms. The highest BCUT2D eigenvalue weighted by Crippen LogP contribution is 2.23. The number of rotatable bonds is 60. The maximum Gasteiger partial charge on any atom is 0.305 e. The van der Waals surface area contributed by atoms with Gasteiger partial charge in [0.1, 0.15) is 24.4 Å². The molecule has 0 spiro atoms. The average molecular weight is 1160 g/mol. The molecule has 0 radical (unpaired) electrons. The van der Waals surface area contributed by atoms with Gasteiger partial charge >= 0.3 is 5.97 Å². The number of allylic oxidation sites excluding steroid dienone is 9. The topological polar surface area (TPSA) is 175 Å². The van der Waals surface area contributed by atoms with E-state index in [9.17, 15) is 35.1 Å². The number of hydrogen-bond donors (Lipinski definition) is 6. The minimum absolute atomic E-state index is 0.00552. The van der Waals surface area contributed by atoms with Gasteiger partial charge in [-0.15, -0.1) is 0 Å². The molecule has 0 aromatic carbocycles. The summed E-state index contributed by atoms with van der Waals surface area (Å²) in [6, 6.07) is -0.827. The van der Waals surface area contributed by atoms with Crippen molar-refractivity contribution in [2.45, 2.75) is 358 Å². The Morgan fingerprint density at radius 2 is 0.829 bits per heavy atom. The quantitative estimate of drug-likeness (QED) is 0.0195. The Morgan fingerprint density at radius 1 is 0.451 bits per heavy atom. The second-order valence-electron chi connectivity index (χ2n) is 23.9. The first-order valence-electron chi connectivity index (χ1n) is 34.6. The maximum atomic E-state index is 13.0. The minimum atomic E-state index is -1.58. The summed E-state index contributed by atoms with van der Waals surface area (Å²) in [7, 11) is 0. The van der Waals surface area contributed by atoms with Crippen molar-refractivity contribution in [2.24, 2.45) is 0 Å². The molecule has 0 saturated carbocycles. The summed E-state index contributed by atoms with van der Waals surface area (Å²) >= 11 is 0. The summed E-state index contributed by atoms with van der Waals surface area (Å²) in [4.78, 5) is 25.1. The molecule has 1 rings (SSSR count). The molecule has 1 heterocycles. The standard InChI is InChI=1S/C71H129NO10/c1-3-5-7-9-11-13-15-39-43-47-51-55-59-67(76)80-60-56-52-48-44-40-36-34-32-30-28-26-24-22-20-18-16-17-19-21-23-25-27-29-31-33-35-38-42-46-50-54-58-66(75)72-63(62-81-71-70(79)69(78)68(77)65(61-73)82-71)64(74)57-53-49-45-41-37-14-12-10-8-6-4-2/h11,13,18,20,24,26,37,41,53,57,63-65,68-71,73-74,77-79H,3-10,12,14-17,19,21-23,25,27-36,38-40,42-52,54-56,58-62H2,1-2H3,(H,72,75)/b13-11-,20-18-,26-24-,41-37+,57-53+. The fourth-order valence-corrected chi connectivity index (χ4v) is 10.6. The molecular formula is C71H129NO10. The van der Waals surface area contributed by atoms with Crippen LogP contribution in [0.1, 0.15) is 316 Å². The molecule has 0 aromatic rings. The lowest BCUT2D eigenvalue weighted by Gasteiger charge is -2.40. The predicted octanol–water partition coefficient (Wildman–Crippen LogP) is 17.3.